The predicted octanol–water partition coefficient (Wildman–Crippen LogP) is 4.00. The van der Waals surface area contributed by atoms with Crippen molar-refractivity contribution in [2.24, 2.45) is 28.6 Å². The molecule has 0 aliphatic heterocycles. The first-order valence-corrected chi connectivity index (χ1v) is 9.80. The number of hydrogen-bond acceptors (Lipinski definition) is 3. The summed E-state index contributed by atoms with van der Waals surface area (Å²) in [6.45, 7) is 10.3. The van der Waals surface area contributed by atoms with E-state index in [2.05, 4.69) is 20.4 Å². The highest BCUT2D eigenvalue weighted by atomic mass is 16.3. The molecule has 0 aromatic rings. The highest BCUT2D eigenvalue weighted by Crippen LogP contribution is 2.68. The molecule has 0 aromatic carbocycles. The van der Waals surface area contributed by atoms with Crippen molar-refractivity contribution in [1.82, 2.24) is 0 Å². The van der Waals surface area contributed by atoms with Gasteiger partial charge in [-0.25, -0.2) is 0 Å². The van der Waals surface area contributed by atoms with Gasteiger partial charge in [0.25, 0.3) is 0 Å². The summed E-state index contributed by atoms with van der Waals surface area (Å²) in [4.78, 5) is 24.2. The number of hydrogen-bond donors (Lipinski definition) is 1. The molecule has 0 amide bonds. The summed E-state index contributed by atoms with van der Waals surface area (Å²) in [5.74, 6) is 1.54. The molecule has 0 spiro atoms. The van der Waals surface area contributed by atoms with Gasteiger partial charge < -0.3 is 5.11 Å². The van der Waals surface area contributed by atoms with Gasteiger partial charge in [0, 0.05) is 11.8 Å². The van der Waals surface area contributed by atoms with E-state index in [1.807, 2.05) is 6.08 Å². The van der Waals surface area contributed by atoms with Crippen LogP contribution in [0.5, 0.6) is 0 Å². The molecule has 6 atom stereocenters. The molecule has 0 radical (unpaired) electrons. The molecule has 0 saturated heterocycles. The minimum Gasteiger partial charge on any atom is -0.382 e. The van der Waals surface area contributed by atoms with Crippen LogP contribution in [0.15, 0.2) is 23.8 Å². The Balaban J connectivity index is 1.75. The van der Waals surface area contributed by atoms with E-state index in [-0.39, 0.29) is 22.4 Å². The van der Waals surface area contributed by atoms with Crippen LogP contribution in [-0.2, 0) is 9.59 Å². The fourth-order valence-electron chi connectivity index (χ4n) is 7.16. The molecule has 136 valence electrons. The lowest BCUT2D eigenvalue weighted by Crippen LogP contribution is -2.57. The van der Waals surface area contributed by atoms with Gasteiger partial charge >= 0.3 is 0 Å². The van der Waals surface area contributed by atoms with Gasteiger partial charge in [-0.1, -0.05) is 26.0 Å². The maximum atomic E-state index is 12.3. The molecule has 4 aliphatic rings. The zero-order chi connectivity index (χ0) is 18.2. The van der Waals surface area contributed by atoms with Gasteiger partial charge in [-0.15, -0.1) is 0 Å². The smallest absolute Gasteiger partial charge is 0.161 e. The second kappa shape index (κ2) is 5.16. The van der Waals surface area contributed by atoms with Gasteiger partial charge in [0.05, 0.1) is 0 Å². The van der Waals surface area contributed by atoms with E-state index in [0.717, 1.165) is 37.7 Å². The molecule has 3 nitrogen and oxygen atoms in total. The lowest BCUT2D eigenvalue weighted by atomic mass is 9.45. The fraction of sp³-hybridized carbons (Fsp3) is 0.727. The highest BCUT2D eigenvalue weighted by molar-refractivity contribution is 5.92. The zero-order valence-corrected chi connectivity index (χ0v) is 15.7. The first kappa shape index (κ1) is 17.2. The van der Waals surface area contributed by atoms with Gasteiger partial charge in [0.15, 0.2) is 11.6 Å². The van der Waals surface area contributed by atoms with Crippen LogP contribution in [0.1, 0.15) is 65.7 Å². The summed E-state index contributed by atoms with van der Waals surface area (Å²) in [5, 5.41) is 11.2. The molecule has 4 aliphatic carbocycles. The minimum atomic E-state index is -1.16. The molecule has 25 heavy (non-hydrogen) atoms. The maximum Gasteiger partial charge on any atom is 0.161 e. The molecular weight excluding hydrogens is 312 g/mol. The average Bonchev–Trinajstić information content (AvgIpc) is 2.83. The monoisotopic (exact) mass is 342 g/mol. The lowest BCUT2D eigenvalue weighted by Gasteiger charge is -2.59. The number of allylic oxidation sites excluding steroid dienone is 2. The highest BCUT2D eigenvalue weighted by Gasteiger charge is 2.65. The van der Waals surface area contributed by atoms with Crippen LogP contribution in [0.3, 0.4) is 0 Å². The van der Waals surface area contributed by atoms with Gasteiger partial charge in [-0.3, -0.25) is 9.59 Å². The Hall–Kier alpha value is -1.22. The number of aliphatic hydroxyl groups is 1. The van der Waals surface area contributed by atoms with E-state index >= 15 is 0 Å². The first-order chi connectivity index (χ1) is 11.6. The molecule has 0 heterocycles. The first-order valence-electron chi connectivity index (χ1n) is 9.80. The van der Waals surface area contributed by atoms with Crippen molar-refractivity contribution < 1.29 is 14.7 Å². The molecule has 0 unspecified atom stereocenters. The Morgan fingerprint density at radius 3 is 2.56 bits per heavy atom. The summed E-state index contributed by atoms with van der Waals surface area (Å²) < 4.78 is 0. The summed E-state index contributed by atoms with van der Waals surface area (Å²) >= 11 is 0. The third kappa shape index (κ3) is 2.02. The quantitative estimate of drug-likeness (QED) is 0.783. The second-order valence-corrected chi connectivity index (χ2v) is 9.54. The average molecular weight is 342 g/mol. The van der Waals surface area contributed by atoms with Crippen molar-refractivity contribution in [2.75, 3.05) is 0 Å². The van der Waals surface area contributed by atoms with Crippen LogP contribution in [0.4, 0.5) is 0 Å². The molecule has 1 N–H and O–H groups in total. The minimum absolute atomic E-state index is 0.0339. The van der Waals surface area contributed by atoms with Crippen LogP contribution in [0.25, 0.3) is 0 Å². The Morgan fingerprint density at radius 1 is 1.20 bits per heavy atom. The third-order valence-corrected chi connectivity index (χ3v) is 8.66. The summed E-state index contributed by atoms with van der Waals surface area (Å²) in [5.41, 5.74) is 0.852. The molecule has 0 aromatic heterocycles. The summed E-state index contributed by atoms with van der Waals surface area (Å²) in [7, 11) is 0. The van der Waals surface area contributed by atoms with E-state index in [9.17, 15) is 14.7 Å². The maximum absolute atomic E-state index is 12.3. The van der Waals surface area contributed by atoms with Crippen LogP contribution in [0, 0.1) is 28.6 Å². The fourth-order valence-corrected chi connectivity index (χ4v) is 7.16. The summed E-state index contributed by atoms with van der Waals surface area (Å²) in [6, 6.07) is 0. The molecule has 3 fully saturated rings. The third-order valence-electron chi connectivity index (χ3n) is 8.66. The Bertz CT molecular complexity index is 704. The normalized spacial score (nSPS) is 49.1. The van der Waals surface area contributed by atoms with Crippen LogP contribution >= 0.6 is 0 Å². The van der Waals surface area contributed by atoms with Crippen molar-refractivity contribution in [1.29, 1.82) is 0 Å². The van der Waals surface area contributed by atoms with Crippen LogP contribution < -0.4 is 0 Å². The topological polar surface area (TPSA) is 54.4 Å². The SMILES string of the molecule is C=C1C[C@@H]2[C@@H](CC[C@@]3(C)[C@@H]2CC[C@]3(O)C(C)=O)[C@@]2(C)CCC(=O)C=C12. The molecule has 4 rings (SSSR count). The van der Waals surface area contributed by atoms with Crippen molar-refractivity contribution in [2.45, 2.75) is 71.3 Å². The molecular formula is C22H30O3. The number of Topliss-reactive ketones (excluding diaryl/α,β-unsaturated/α-hetero) is 1. The Labute approximate surface area is 150 Å². The second-order valence-electron chi connectivity index (χ2n) is 9.54. The molecule has 0 bridgehead atoms. The Morgan fingerprint density at radius 2 is 1.88 bits per heavy atom. The largest absolute Gasteiger partial charge is 0.382 e. The van der Waals surface area contributed by atoms with E-state index in [4.69, 9.17) is 0 Å². The molecule has 3 saturated carbocycles. The van der Waals surface area contributed by atoms with Crippen molar-refractivity contribution in [3.05, 3.63) is 23.8 Å². The number of carbonyl (C=O) groups is 2. The van der Waals surface area contributed by atoms with Crippen LogP contribution in [-0.4, -0.2) is 22.3 Å². The number of rotatable bonds is 1. The van der Waals surface area contributed by atoms with E-state index < -0.39 is 5.60 Å². The predicted molar refractivity (Wildman–Crippen MR) is 96.9 cm³/mol. The number of ketones is 2. The van der Waals surface area contributed by atoms with Gasteiger partial charge in [-0.2, -0.15) is 0 Å². The van der Waals surface area contributed by atoms with E-state index in [1.54, 1.807) is 6.92 Å². The van der Waals surface area contributed by atoms with Gasteiger partial charge in [-0.05, 0) is 80.3 Å². The van der Waals surface area contributed by atoms with Crippen molar-refractivity contribution in [3.8, 4) is 0 Å². The van der Waals surface area contributed by atoms with Gasteiger partial charge in [0.2, 0.25) is 0 Å². The Kier molecular flexibility index (Phi) is 3.55. The van der Waals surface area contributed by atoms with Crippen molar-refractivity contribution >= 4 is 11.6 Å². The van der Waals surface area contributed by atoms with E-state index in [0.29, 0.717) is 30.6 Å². The molecule has 3 heteroatoms. The van der Waals surface area contributed by atoms with Crippen LogP contribution in [0.2, 0.25) is 0 Å². The lowest BCUT2D eigenvalue weighted by molar-refractivity contribution is -0.159. The standard InChI is InChI=1S/C22H30O3/c1-13-11-16-17(20(3)8-5-15(24)12-19(13)20)6-9-21(4)18(16)7-10-22(21,25)14(2)23/h12,16-18,25H,1,5-11H2,2-4H3/t16-,17-,18-,20-,21+,22+/m1/s1. The summed E-state index contributed by atoms with van der Waals surface area (Å²) in [6.07, 6.45) is 7.77. The van der Waals surface area contributed by atoms with Crippen molar-refractivity contribution in [3.63, 3.8) is 0 Å². The van der Waals surface area contributed by atoms with Gasteiger partial charge in [0.1, 0.15) is 5.60 Å². The number of fused-ring (bicyclic) bond motifs is 5. The van der Waals surface area contributed by atoms with E-state index in [1.165, 1.54) is 5.57 Å². The number of carbonyl (C=O) groups excluding carboxylic acids is 2. The zero-order valence-electron chi connectivity index (χ0n) is 15.7.